The number of carbonyl (C=O) groups excluding carboxylic acids is 1. The second-order valence-electron chi connectivity index (χ2n) is 9.89. The minimum absolute atomic E-state index is 0.206. The number of aliphatic hydroxyl groups is 1. The third-order valence-electron chi connectivity index (χ3n) is 7.14. The molecule has 0 fully saturated rings. The van der Waals surface area contributed by atoms with E-state index in [2.05, 4.69) is 36.2 Å². The Morgan fingerprint density at radius 1 is 0.895 bits per heavy atom. The molecule has 6 heteroatoms. The largest absolute Gasteiger partial charge is 0.383 e. The van der Waals surface area contributed by atoms with Crippen molar-refractivity contribution < 1.29 is 14.3 Å². The van der Waals surface area contributed by atoms with Crippen LogP contribution in [0.1, 0.15) is 51.6 Å². The van der Waals surface area contributed by atoms with Gasteiger partial charge in [0.1, 0.15) is 11.9 Å². The van der Waals surface area contributed by atoms with Crippen LogP contribution in [0.25, 0.3) is 0 Å². The molecule has 1 amide bonds. The first-order valence-corrected chi connectivity index (χ1v) is 12.9. The van der Waals surface area contributed by atoms with Gasteiger partial charge < -0.3 is 20.6 Å². The van der Waals surface area contributed by atoms with Gasteiger partial charge in [0.05, 0.1) is 16.9 Å². The lowest BCUT2D eigenvalue weighted by atomic mass is 9.89. The molecule has 4 aromatic rings. The lowest BCUT2D eigenvalue weighted by Gasteiger charge is -2.37. The number of carbonyl (C=O) groups is 1. The lowest BCUT2D eigenvalue weighted by molar-refractivity contribution is 0.100. The zero-order valence-corrected chi connectivity index (χ0v) is 21.5. The van der Waals surface area contributed by atoms with Gasteiger partial charge in [-0.25, -0.2) is 4.39 Å². The zero-order valence-electron chi connectivity index (χ0n) is 21.5. The van der Waals surface area contributed by atoms with Gasteiger partial charge in [-0.3, -0.25) is 4.79 Å². The van der Waals surface area contributed by atoms with Gasteiger partial charge in [0.2, 0.25) is 0 Å². The molecule has 0 bridgehead atoms. The summed E-state index contributed by atoms with van der Waals surface area (Å²) in [6.07, 6.45) is 2.24. The fraction of sp³-hybridized carbons (Fsp3) is 0.219. The molecule has 1 atom stereocenters. The van der Waals surface area contributed by atoms with E-state index in [9.17, 15) is 14.3 Å². The van der Waals surface area contributed by atoms with Crippen LogP contribution >= 0.6 is 0 Å². The molecule has 0 saturated heterocycles. The maximum absolute atomic E-state index is 13.1. The molecule has 1 aliphatic rings. The number of fused-ring (bicyclic) bond motifs is 2. The predicted molar refractivity (Wildman–Crippen MR) is 149 cm³/mol. The van der Waals surface area contributed by atoms with Crippen molar-refractivity contribution in [3.8, 4) is 0 Å². The van der Waals surface area contributed by atoms with E-state index in [1.807, 2.05) is 47.4 Å². The number of benzene rings is 4. The monoisotopic (exact) mass is 509 g/mol. The topological polar surface area (TPSA) is 69.8 Å². The molecule has 4 aromatic carbocycles. The summed E-state index contributed by atoms with van der Waals surface area (Å²) in [4.78, 5) is 16.6. The Morgan fingerprint density at radius 2 is 1.58 bits per heavy atom. The summed E-state index contributed by atoms with van der Waals surface area (Å²) in [5.41, 5.74) is 12.3. The highest BCUT2D eigenvalue weighted by Gasteiger charge is 2.32. The maximum atomic E-state index is 13.1. The molecule has 0 saturated carbocycles. The van der Waals surface area contributed by atoms with Crippen molar-refractivity contribution in [2.75, 3.05) is 18.5 Å². The second-order valence-corrected chi connectivity index (χ2v) is 9.89. The molecule has 1 aliphatic heterocycles. The number of primary amides is 1. The molecular formula is C32H32FN3O2. The van der Waals surface area contributed by atoms with Crippen LogP contribution in [0.5, 0.6) is 0 Å². The van der Waals surface area contributed by atoms with Crippen LogP contribution in [0.2, 0.25) is 0 Å². The number of anilines is 3. The summed E-state index contributed by atoms with van der Waals surface area (Å²) in [5, 5.41) is 11.1. The molecule has 1 unspecified atom stereocenters. The van der Waals surface area contributed by atoms with Gasteiger partial charge >= 0.3 is 0 Å². The van der Waals surface area contributed by atoms with Gasteiger partial charge in [0, 0.05) is 23.4 Å². The highest BCUT2D eigenvalue weighted by molar-refractivity contribution is 6.03. The third-order valence-corrected chi connectivity index (χ3v) is 7.14. The molecule has 38 heavy (non-hydrogen) atoms. The molecule has 0 aromatic heterocycles. The number of para-hydroxylation sites is 2. The maximum Gasteiger partial charge on any atom is 0.250 e. The van der Waals surface area contributed by atoms with Gasteiger partial charge in [0.25, 0.3) is 5.91 Å². The number of amides is 1. The van der Waals surface area contributed by atoms with Crippen molar-refractivity contribution in [1.82, 2.24) is 4.90 Å². The Hall–Kier alpha value is -4.00. The van der Waals surface area contributed by atoms with Crippen LogP contribution in [0.15, 0.2) is 91.0 Å². The summed E-state index contributed by atoms with van der Waals surface area (Å²) in [6.45, 7) is 1.77. The van der Waals surface area contributed by atoms with Gasteiger partial charge in [-0.1, -0.05) is 54.6 Å². The van der Waals surface area contributed by atoms with E-state index in [0.717, 1.165) is 54.9 Å². The quantitative estimate of drug-likeness (QED) is 0.262. The fourth-order valence-corrected chi connectivity index (χ4v) is 5.21. The van der Waals surface area contributed by atoms with E-state index >= 15 is 0 Å². The molecule has 5 nitrogen and oxygen atoms in total. The molecule has 1 heterocycles. The van der Waals surface area contributed by atoms with E-state index in [1.54, 1.807) is 12.1 Å². The minimum atomic E-state index is -0.836. The molecule has 0 spiro atoms. The number of aliphatic hydroxyl groups excluding tert-OH is 1. The number of nitrogens with zero attached hydrogens (tertiary/aromatic N) is 2. The molecule has 3 N–H and O–H groups in total. The summed E-state index contributed by atoms with van der Waals surface area (Å²) >= 11 is 0. The van der Waals surface area contributed by atoms with Crippen LogP contribution < -0.4 is 10.6 Å². The van der Waals surface area contributed by atoms with E-state index in [1.165, 1.54) is 17.7 Å². The molecule has 0 aliphatic carbocycles. The average molecular weight is 510 g/mol. The number of hydrogen-bond donors (Lipinski definition) is 2. The smallest absolute Gasteiger partial charge is 0.250 e. The number of halogens is 1. The molecule has 194 valence electrons. The van der Waals surface area contributed by atoms with Crippen molar-refractivity contribution in [3.63, 3.8) is 0 Å². The number of nitrogens with two attached hydrogens (primary N) is 1. The first kappa shape index (κ1) is 25.6. The van der Waals surface area contributed by atoms with E-state index in [-0.39, 0.29) is 5.82 Å². The average Bonchev–Trinajstić information content (AvgIpc) is 2.93. The lowest BCUT2D eigenvalue weighted by Crippen LogP contribution is -2.25. The van der Waals surface area contributed by atoms with Gasteiger partial charge in [-0.15, -0.1) is 0 Å². The summed E-state index contributed by atoms with van der Waals surface area (Å²) in [7, 11) is 2.09. The zero-order chi connectivity index (χ0) is 26.6. The first-order valence-electron chi connectivity index (χ1n) is 12.9. The normalized spacial score (nSPS) is 14.3. The van der Waals surface area contributed by atoms with Crippen molar-refractivity contribution >= 4 is 23.0 Å². The molecule has 0 radical (unpaired) electrons. The van der Waals surface area contributed by atoms with Crippen LogP contribution in [-0.4, -0.2) is 29.5 Å². The second kappa shape index (κ2) is 11.2. The summed E-state index contributed by atoms with van der Waals surface area (Å²) in [6, 6.07) is 28.1. The minimum Gasteiger partial charge on any atom is -0.383 e. The Balaban J connectivity index is 1.28. The predicted octanol–water partition coefficient (Wildman–Crippen LogP) is 6.24. The standard InChI is InChI=1S/C32H32FN3O2/c1-35(21-23-12-16-24(33)17-13-23)20-5-4-7-22-14-18-25(19-15-22)36-29-11-3-2-8-26(29)31(37)27-9-6-10-28(30(27)36)32(34)38/h2-3,6,8-19,31,37H,4-5,7,20-21H2,1H3,(H2,34,38). The Kier molecular flexibility index (Phi) is 7.54. The first-order chi connectivity index (χ1) is 18.4. The van der Waals surface area contributed by atoms with Crippen LogP contribution in [-0.2, 0) is 13.0 Å². The highest BCUT2D eigenvalue weighted by Crippen LogP contribution is 2.49. The van der Waals surface area contributed by atoms with Crippen molar-refractivity contribution in [2.24, 2.45) is 5.73 Å². The van der Waals surface area contributed by atoms with Crippen LogP contribution in [0.4, 0.5) is 21.5 Å². The Labute approximate surface area is 222 Å². The van der Waals surface area contributed by atoms with E-state index in [0.29, 0.717) is 16.8 Å². The SMILES string of the molecule is CN(CCCCc1ccc(N2c3ccccc3C(O)c3cccc(C(N)=O)c32)cc1)Cc1ccc(F)cc1. The fourth-order valence-electron chi connectivity index (χ4n) is 5.21. The summed E-state index contributed by atoms with van der Waals surface area (Å²) in [5.74, 6) is -0.735. The van der Waals surface area contributed by atoms with Crippen molar-refractivity contribution in [2.45, 2.75) is 31.9 Å². The van der Waals surface area contributed by atoms with Gasteiger partial charge in [0.15, 0.2) is 0 Å². The summed E-state index contributed by atoms with van der Waals surface area (Å²) < 4.78 is 13.1. The molecular weight excluding hydrogens is 477 g/mol. The third kappa shape index (κ3) is 5.32. The number of unbranched alkanes of at least 4 members (excludes halogenated alkanes) is 1. The number of rotatable bonds is 9. The van der Waals surface area contributed by atoms with E-state index < -0.39 is 12.0 Å². The van der Waals surface area contributed by atoms with Gasteiger partial charge in [-0.2, -0.15) is 0 Å². The van der Waals surface area contributed by atoms with Crippen molar-refractivity contribution in [1.29, 1.82) is 0 Å². The van der Waals surface area contributed by atoms with Gasteiger partial charge in [-0.05, 0) is 80.4 Å². The number of hydrogen-bond acceptors (Lipinski definition) is 4. The van der Waals surface area contributed by atoms with E-state index in [4.69, 9.17) is 5.73 Å². The highest BCUT2D eigenvalue weighted by atomic mass is 19.1. The van der Waals surface area contributed by atoms with Crippen LogP contribution in [0, 0.1) is 5.82 Å². The molecule has 5 rings (SSSR count). The van der Waals surface area contributed by atoms with Crippen LogP contribution in [0.3, 0.4) is 0 Å². The number of aryl methyl sites for hydroxylation is 1. The Morgan fingerprint density at radius 3 is 2.32 bits per heavy atom. The van der Waals surface area contributed by atoms with Crippen molar-refractivity contribution in [3.05, 3.63) is 125 Å². The Bertz CT molecular complexity index is 1420.